The number of carbonyl (C=O) groups is 2. The van der Waals surface area contributed by atoms with E-state index in [-0.39, 0.29) is 11.6 Å². The molecule has 0 unspecified atom stereocenters. The third-order valence-corrected chi connectivity index (χ3v) is 11.9. The number of anilines is 3. The standard InChI is InChI=1S/C40H46N6O4S2/c1-40(2,3)17-19-44-20-22-45(23-21-44)28-10-7-11-29(25-28)50-24-8-15-34-35(37(48)49)42-39(52-34)46-18-16-27-9-6-12-30(31(27)26-46)36(47)43-38-41-32-13-4-5-14-33(32)51-38/h4-7,9-14,25H,8,15-24,26H2,1-3H3,(H,48,49)(H,41,43,47). The summed E-state index contributed by atoms with van der Waals surface area (Å²) >= 11 is 2.87. The minimum absolute atomic E-state index is 0.0938. The number of carbonyl (C=O) groups excluding carboxylic acids is 1. The molecule has 52 heavy (non-hydrogen) atoms. The number of aromatic nitrogens is 2. The number of hydrogen-bond acceptors (Lipinski definition) is 10. The smallest absolute Gasteiger partial charge is 0.355 e. The Labute approximate surface area is 313 Å². The van der Waals surface area contributed by atoms with E-state index in [1.807, 2.05) is 48.5 Å². The summed E-state index contributed by atoms with van der Waals surface area (Å²) in [6.45, 7) is 13.8. The average Bonchev–Trinajstić information content (AvgIpc) is 3.76. The van der Waals surface area contributed by atoms with Crippen LogP contribution in [0.4, 0.5) is 16.0 Å². The summed E-state index contributed by atoms with van der Waals surface area (Å²) in [5.41, 5.74) is 5.11. The molecule has 2 aliphatic heterocycles. The van der Waals surface area contributed by atoms with Crippen molar-refractivity contribution in [3.8, 4) is 5.75 Å². The molecular formula is C40H46N6O4S2. The van der Waals surface area contributed by atoms with Crippen LogP contribution in [0.5, 0.6) is 5.75 Å². The van der Waals surface area contributed by atoms with Gasteiger partial charge in [0.25, 0.3) is 5.91 Å². The number of aryl methyl sites for hydroxylation is 1. The number of rotatable bonds is 12. The van der Waals surface area contributed by atoms with Crippen molar-refractivity contribution >= 4 is 60.7 Å². The van der Waals surface area contributed by atoms with Crippen LogP contribution in [0.2, 0.25) is 0 Å². The Kier molecular flexibility index (Phi) is 10.8. The second-order valence-corrected chi connectivity index (χ2v) is 16.8. The summed E-state index contributed by atoms with van der Waals surface area (Å²) in [6, 6.07) is 21.9. The molecule has 1 saturated heterocycles. The van der Waals surface area contributed by atoms with Gasteiger partial charge in [0.05, 0.1) is 16.8 Å². The van der Waals surface area contributed by atoms with Crippen LogP contribution in [0.15, 0.2) is 66.7 Å². The quantitative estimate of drug-likeness (QED) is 0.124. The van der Waals surface area contributed by atoms with E-state index < -0.39 is 5.97 Å². The van der Waals surface area contributed by atoms with Crippen molar-refractivity contribution in [2.24, 2.45) is 5.41 Å². The molecule has 0 aliphatic carbocycles. The Morgan fingerprint density at radius 3 is 2.52 bits per heavy atom. The van der Waals surface area contributed by atoms with E-state index in [2.05, 4.69) is 69.0 Å². The zero-order valence-electron chi connectivity index (χ0n) is 30.1. The molecule has 2 aromatic heterocycles. The molecule has 10 nitrogen and oxygen atoms in total. The van der Waals surface area contributed by atoms with Crippen molar-refractivity contribution in [3.05, 3.63) is 94.0 Å². The first kappa shape index (κ1) is 35.9. The summed E-state index contributed by atoms with van der Waals surface area (Å²) in [5.74, 6) is -0.410. The number of ether oxygens (including phenoxy) is 1. The lowest BCUT2D eigenvalue weighted by Crippen LogP contribution is -2.47. The number of benzene rings is 3. The number of aromatic carboxylic acids is 1. The lowest BCUT2D eigenvalue weighted by atomic mass is 9.92. The van der Waals surface area contributed by atoms with Crippen LogP contribution in [0.1, 0.15) is 70.5 Å². The zero-order valence-corrected chi connectivity index (χ0v) is 31.7. The number of thiazole rings is 2. The highest BCUT2D eigenvalue weighted by Crippen LogP contribution is 2.34. The number of fused-ring (bicyclic) bond motifs is 2. The maximum atomic E-state index is 13.5. The van der Waals surface area contributed by atoms with Crippen LogP contribution in [-0.2, 0) is 19.4 Å². The Bertz CT molecular complexity index is 2010. The van der Waals surface area contributed by atoms with Gasteiger partial charge in [0.15, 0.2) is 16.0 Å². The summed E-state index contributed by atoms with van der Waals surface area (Å²) < 4.78 is 7.18. The van der Waals surface area contributed by atoms with Gasteiger partial charge in [-0.1, -0.05) is 62.4 Å². The number of hydrogen-bond donors (Lipinski definition) is 2. The molecule has 0 atom stereocenters. The zero-order chi connectivity index (χ0) is 36.2. The molecule has 1 fully saturated rings. The SMILES string of the molecule is CC(C)(C)CCN1CCN(c2cccc(OCCCc3sc(N4CCc5cccc(C(=O)Nc6nc7ccccc7s6)c5C4)nc3C(=O)O)c2)CC1. The van der Waals surface area contributed by atoms with Gasteiger partial charge in [0, 0.05) is 61.5 Å². The van der Waals surface area contributed by atoms with Crippen molar-refractivity contribution in [2.45, 2.75) is 53.0 Å². The van der Waals surface area contributed by atoms with Gasteiger partial charge in [-0.3, -0.25) is 15.0 Å². The van der Waals surface area contributed by atoms with E-state index >= 15 is 0 Å². The normalized spacial score (nSPS) is 15.1. The Balaban J connectivity index is 0.950. The maximum absolute atomic E-state index is 13.5. The summed E-state index contributed by atoms with van der Waals surface area (Å²) in [6.07, 6.45) is 3.15. The second kappa shape index (κ2) is 15.6. The second-order valence-electron chi connectivity index (χ2n) is 14.7. The monoisotopic (exact) mass is 738 g/mol. The Hall–Kier alpha value is -4.52. The fraction of sp³-hybridized carbons (Fsp3) is 0.400. The van der Waals surface area contributed by atoms with E-state index in [0.717, 1.165) is 71.1 Å². The number of nitrogens with zero attached hydrogens (tertiary/aromatic N) is 5. The molecule has 1 amide bonds. The first-order valence-corrected chi connectivity index (χ1v) is 19.7. The first-order valence-electron chi connectivity index (χ1n) is 18.1. The number of carboxylic acid groups (broad SMARTS) is 1. The van der Waals surface area contributed by atoms with Gasteiger partial charge >= 0.3 is 5.97 Å². The highest BCUT2D eigenvalue weighted by molar-refractivity contribution is 7.22. The van der Waals surface area contributed by atoms with E-state index in [0.29, 0.717) is 53.8 Å². The average molecular weight is 739 g/mol. The van der Waals surface area contributed by atoms with Gasteiger partial charge in [0.1, 0.15) is 5.75 Å². The summed E-state index contributed by atoms with van der Waals surface area (Å²) in [5, 5.41) is 14.3. The van der Waals surface area contributed by atoms with Gasteiger partial charge in [0.2, 0.25) is 0 Å². The Morgan fingerprint density at radius 1 is 0.923 bits per heavy atom. The van der Waals surface area contributed by atoms with Gasteiger partial charge in [-0.25, -0.2) is 14.8 Å². The minimum atomic E-state index is -1.03. The van der Waals surface area contributed by atoms with Crippen molar-refractivity contribution in [2.75, 3.05) is 61.0 Å². The largest absolute Gasteiger partial charge is 0.494 e. The molecule has 2 N–H and O–H groups in total. The molecule has 0 radical (unpaired) electrons. The molecule has 12 heteroatoms. The van der Waals surface area contributed by atoms with Gasteiger partial charge in [-0.2, -0.15) is 0 Å². The summed E-state index contributed by atoms with van der Waals surface area (Å²) in [7, 11) is 0. The maximum Gasteiger partial charge on any atom is 0.355 e. The third-order valence-electron chi connectivity index (χ3n) is 9.74. The molecule has 7 rings (SSSR count). The van der Waals surface area contributed by atoms with E-state index in [9.17, 15) is 14.7 Å². The van der Waals surface area contributed by atoms with Crippen LogP contribution in [0, 0.1) is 5.41 Å². The van der Waals surface area contributed by atoms with Crippen LogP contribution in [0.3, 0.4) is 0 Å². The summed E-state index contributed by atoms with van der Waals surface area (Å²) in [4.78, 5) is 42.7. The molecule has 5 aromatic rings. The molecule has 0 spiro atoms. The highest BCUT2D eigenvalue weighted by atomic mass is 32.1. The topological polar surface area (TPSA) is 111 Å². The lowest BCUT2D eigenvalue weighted by Gasteiger charge is -2.37. The van der Waals surface area contributed by atoms with Crippen molar-refractivity contribution < 1.29 is 19.4 Å². The fourth-order valence-corrected chi connectivity index (χ4v) is 8.75. The number of carboxylic acids is 1. The van der Waals surface area contributed by atoms with Crippen LogP contribution < -0.4 is 19.9 Å². The van der Waals surface area contributed by atoms with Crippen LogP contribution in [-0.4, -0.2) is 77.7 Å². The molecular weight excluding hydrogens is 693 g/mol. The molecule has 2 aliphatic rings. The van der Waals surface area contributed by atoms with Crippen molar-refractivity contribution in [1.82, 2.24) is 14.9 Å². The lowest BCUT2D eigenvalue weighted by molar-refractivity contribution is 0.0690. The molecule has 4 heterocycles. The number of nitrogens with one attached hydrogen (secondary N) is 1. The van der Waals surface area contributed by atoms with E-state index in [1.165, 1.54) is 34.8 Å². The van der Waals surface area contributed by atoms with Crippen LogP contribution >= 0.6 is 22.7 Å². The van der Waals surface area contributed by atoms with Gasteiger partial charge < -0.3 is 19.6 Å². The molecule has 3 aromatic carbocycles. The van der Waals surface area contributed by atoms with Crippen LogP contribution in [0.25, 0.3) is 10.2 Å². The molecule has 272 valence electrons. The highest BCUT2D eigenvalue weighted by Gasteiger charge is 2.27. The van der Waals surface area contributed by atoms with Gasteiger partial charge in [-0.05, 0) is 79.1 Å². The van der Waals surface area contributed by atoms with E-state index in [4.69, 9.17) is 4.74 Å². The third kappa shape index (κ3) is 8.57. The van der Waals surface area contributed by atoms with Crippen molar-refractivity contribution in [1.29, 1.82) is 0 Å². The number of amides is 1. The van der Waals surface area contributed by atoms with Gasteiger partial charge in [-0.15, -0.1) is 11.3 Å². The Morgan fingerprint density at radius 2 is 1.73 bits per heavy atom. The van der Waals surface area contributed by atoms with Crippen molar-refractivity contribution in [3.63, 3.8) is 0 Å². The predicted octanol–water partition coefficient (Wildman–Crippen LogP) is 7.84. The number of para-hydroxylation sites is 1. The predicted molar refractivity (Wildman–Crippen MR) is 211 cm³/mol. The van der Waals surface area contributed by atoms with E-state index in [1.54, 1.807) is 0 Å². The minimum Gasteiger partial charge on any atom is -0.494 e. The first-order chi connectivity index (χ1) is 25.1. The molecule has 0 bridgehead atoms. The number of piperazine rings is 1. The molecule has 0 saturated carbocycles. The fourth-order valence-electron chi connectivity index (χ4n) is 6.77.